The lowest BCUT2D eigenvalue weighted by atomic mass is 9.97. The van der Waals surface area contributed by atoms with Gasteiger partial charge in [-0.2, -0.15) is 0 Å². The number of carbonyl (C=O) groups is 3. The lowest BCUT2D eigenvalue weighted by Gasteiger charge is -2.25. The van der Waals surface area contributed by atoms with Crippen molar-refractivity contribution in [3.8, 4) is 28.4 Å². The number of benzene rings is 2. The molecule has 1 aliphatic heterocycles. The molecule has 188 valence electrons. The second-order valence-electron chi connectivity index (χ2n) is 8.87. The van der Waals surface area contributed by atoms with Gasteiger partial charge in [0.05, 0.1) is 19.8 Å². The van der Waals surface area contributed by atoms with Crippen LogP contribution in [0, 0.1) is 0 Å². The van der Waals surface area contributed by atoms with Gasteiger partial charge in [0.2, 0.25) is 18.4 Å². The van der Waals surface area contributed by atoms with E-state index in [2.05, 4.69) is 5.32 Å². The minimum atomic E-state index is -0.811. The number of methoxy groups -OCH3 is 2. The second kappa shape index (κ2) is 10.1. The molecule has 1 atom stereocenters. The topological polar surface area (TPSA) is 113 Å². The predicted octanol–water partition coefficient (Wildman–Crippen LogP) is 3.75. The molecular formula is C25H30N2O8. The van der Waals surface area contributed by atoms with E-state index in [1.54, 1.807) is 65.1 Å². The second-order valence-corrected chi connectivity index (χ2v) is 8.87. The summed E-state index contributed by atoms with van der Waals surface area (Å²) in [6.45, 7) is 6.82. The van der Waals surface area contributed by atoms with Gasteiger partial charge in [0.25, 0.3) is 0 Å². The van der Waals surface area contributed by atoms with Gasteiger partial charge >= 0.3 is 12.1 Å². The average molecular weight is 487 g/mol. The normalized spacial score (nSPS) is 13.0. The van der Waals surface area contributed by atoms with E-state index in [1.165, 1.54) is 19.1 Å². The first-order valence-electron chi connectivity index (χ1n) is 10.9. The number of hydrogen-bond acceptors (Lipinski definition) is 8. The fourth-order valence-electron chi connectivity index (χ4n) is 3.58. The maximum atomic E-state index is 12.9. The van der Waals surface area contributed by atoms with Gasteiger partial charge in [-0.3, -0.25) is 4.79 Å². The van der Waals surface area contributed by atoms with Crippen LogP contribution in [0.15, 0.2) is 30.3 Å². The van der Waals surface area contributed by atoms with Gasteiger partial charge in [0.15, 0.2) is 11.5 Å². The Balaban J connectivity index is 1.87. The van der Waals surface area contributed by atoms with E-state index in [0.717, 1.165) is 0 Å². The van der Waals surface area contributed by atoms with Crippen LogP contribution in [-0.4, -0.2) is 57.7 Å². The highest BCUT2D eigenvalue weighted by atomic mass is 16.7. The summed E-state index contributed by atoms with van der Waals surface area (Å²) in [7, 11) is 4.37. The molecule has 0 unspecified atom stereocenters. The number of alkyl carbamates (subject to hydrolysis) is 1. The van der Waals surface area contributed by atoms with Crippen LogP contribution in [-0.2, 0) is 14.3 Å². The summed E-state index contributed by atoms with van der Waals surface area (Å²) in [5.41, 5.74) is 1.28. The summed E-state index contributed by atoms with van der Waals surface area (Å²) in [6, 6.07) is 7.68. The number of ether oxygens (including phenoxy) is 5. The summed E-state index contributed by atoms with van der Waals surface area (Å²) >= 11 is 0. The van der Waals surface area contributed by atoms with Crippen molar-refractivity contribution in [2.75, 3.05) is 33.0 Å². The van der Waals surface area contributed by atoms with E-state index < -0.39 is 23.7 Å². The highest BCUT2D eigenvalue weighted by Crippen LogP contribution is 2.49. The fraction of sp³-hybridized carbons (Fsp3) is 0.400. The number of anilines is 1. The van der Waals surface area contributed by atoms with Crippen molar-refractivity contribution in [3.05, 3.63) is 35.9 Å². The Morgan fingerprint density at radius 3 is 2.31 bits per heavy atom. The highest BCUT2D eigenvalue weighted by Gasteiger charge is 2.29. The molecule has 35 heavy (non-hydrogen) atoms. The maximum absolute atomic E-state index is 12.9. The maximum Gasteiger partial charge on any atom is 0.408 e. The van der Waals surface area contributed by atoms with E-state index in [9.17, 15) is 14.4 Å². The smallest absolute Gasteiger partial charge is 0.408 e. The Bertz CT molecular complexity index is 1120. The average Bonchev–Trinajstić information content (AvgIpc) is 3.28. The Labute approximate surface area is 204 Å². The minimum Gasteiger partial charge on any atom is -0.492 e. The van der Waals surface area contributed by atoms with Crippen molar-refractivity contribution in [2.45, 2.75) is 39.3 Å². The van der Waals surface area contributed by atoms with Gasteiger partial charge in [0, 0.05) is 18.3 Å². The lowest BCUT2D eigenvalue weighted by Crippen LogP contribution is -2.47. The van der Waals surface area contributed by atoms with Crippen LogP contribution >= 0.6 is 0 Å². The molecule has 10 nitrogen and oxygen atoms in total. The Hall–Kier alpha value is -3.95. The van der Waals surface area contributed by atoms with Crippen LogP contribution in [0.4, 0.5) is 10.5 Å². The van der Waals surface area contributed by atoms with Crippen molar-refractivity contribution in [1.29, 1.82) is 0 Å². The molecule has 3 rings (SSSR count). The van der Waals surface area contributed by atoms with Crippen LogP contribution in [0.2, 0.25) is 0 Å². The fourth-order valence-corrected chi connectivity index (χ4v) is 3.58. The van der Waals surface area contributed by atoms with Gasteiger partial charge in [-0.15, -0.1) is 0 Å². The standard InChI is InChI=1S/C25H30N2O8/c1-14(26-24(30)35-25(2,3)4)22(28)27(5)16-10-8-15(9-11-16)19-17(23(29)32-7)12-18-20(21(19)31-6)34-13-33-18/h8-12,14H,13H2,1-7H3,(H,26,30)/t14-/m0/s1. The summed E-state index contributed by atoms with van der Waals surface area (Å²) in [5, 5.41) is 2.54. The molecule has 0 aliphatic carbocycles. The number of nitrogens with zero attached hydrogens (tertiary/aromatic N) is 1. The minimum absolute atomic E-state index is 0.0110. The van der Waals surface area contributed by atoms with Crippen LogP contribution in [0.3, 0.4) is 0 Å². The third-order valence-electron chi connectivity index (χ3n) is 5.21. The molecule has 1 aliphatic rings. The number of fused-ring (bicyclic) bond motifs is 1. The zero-order valence-electron chi connectivity index (χ0n) is 20.9. The number of hydrogen-bond donors (Lipinski definition) is 1. The van der Waals surface area contributed by atoms with Crippen molar-refractivity contribution < 1.29 is 38.1 Å². The molecule has 0 radical (unpaired) electrons. The molecular weight excluding hydrogens is 456 g/mol. The van der Waals surface area contributed by atoms with Gasteiger partial charge in [-0.25, -0.2) is 9.59 Å². The molecule has 0 saturated heterocycles. The number of esters is 1. The van der Waals surface area contributed by atoms with Gasteiger partial charge in [-0.1, -0.05) is 12.1 Å². The zero-order valence-corrected chi connectivity index (χ0v) is 20.9. The number of likely N-dealkylation sites (N-methyl/N-ethyl adjacent to an activating group) is 1. The zero-order chi connectivity index (χ0) is 25.9. The number of carbonyl (C=O) groups excluding carboxylic acids is 3. The molecule has 2 aromatic carbocycles. The first kappa shape index (κ1) is 25.7. The SMILES string of the molecule is COC(=O)c1cc2c(c(OC)c1-c1ccc(N(C)C(=O)[C@H](C)NC(=O)OC(C)(C)C)cc1)OCO2. The molecule has 1 N–H and O–H groups in total. The van der Waals surface area contributed by atoms with Crippen LogP contribution in [0.1, 0.15) is 38.1 Å². The first-order chi connectivity index (χ1) is 16.5. The van der Waals surface area contributed by atoms with Crippen LogP contribution < -0.4 is 24.4 Å². The van der Waals surface area contributed by atoms with Gasteiger partial charge < -0.3 is 33.9 Å². The molecule has 0 fully saturated rings. The van der Waals surface area contributed by atoms with Gasteiger partial charge in [0.1, 0.15) is 11.6 Å². The van der Waals surface area contributed by atoms with E-state index in [-0.39, 0.29) is 18.3 Å². The van der Waals surface area contributed by atoms with Crippen molar-refractivity contribution in [1.82, 2.24) is 5.32 Å². The highest BCUT2D eigenvalue weighted by molar-refractivity contribution is 6.02. The van der Waals surface area contributed by atoms with Crippen LogP contribution in [0.25, 0.3) is 11.1 Å². The van der Waals surface area contributed by atoms with E-state index in [4.69, 9.17) is 23.7 Å². The monoisotopic (exact) mass is 486 g/mol. The molecule has 0 bridgehead atoms. The summed E-state index contributed by atoms with van der Waals surface area (Å²) in [5.74, 6) is 0.232. The lowest BCUT2D eigenvalue weighted by molar-refractivity contribution is -0.120. The van der Waals surface area contributed by atoms with Crippen molar-refractivity contribution >= 4 is 23.7 Å². The van der Waals surface area contributed by atoms with Crippen molar-refractivity contribution in [2.24, 2.45) is 0 Å². The van der Waals surface area contributed by atoms with Crippen molar-refractivity contribution in [3.63, 3.8) is 0 Å². The van der Waals surface area contributed by atoms with E-state index >= 15 is 0 Å². The van der Waals surface area contributed by atoms with E-state index in [0.29, 0.717) is 34.1 Å². The third-order valence-corrected chi connectivity index (χ3v) is 5.21. The first-order valence-corrected chi connectivity index (χ1v) is 10.9. The summed E-state index contributed by atoms with van der Waals surface area (Å²) < 4.78 is 26.7. The summed E-state index contributed by atoms with van der Waals surface area (Å²) in [4.78, 5) is 38.8. The van der Waals surface area contributed by atoms with Crippen LogP contribution in [0.5, 0.6) is 17.2 Å². The predicted molar refractivity (Wildman–Crippen MR) is 128 cm³/mol. The quantitative estimate of drug-likeness (QED) is 0.615. The number of nitrogens with one attached hydrogen (secondary N) is 1. The summed E-state index contributed by atoms with van der Waals surface area (Å²) in [6.07, 6.45) is -0.674. The molecule has 2 amide bonds. The number of amides is 2. The van der Waals surface area contributed by atoms with Gasteiger partial charge in [-0.05, 0) is 51.5 Å². The number of rotatable bonds is 6. The molecule has 2 aromatic rings. The third kappa shape index (κ3) is 5.59. The molecule has 1 heterocycles. The Morgan fingerprint density at radius 2 is 1.74 bits per heavy atom. The van der Waals surface area contributed by atoms with E-state index in [1.807, 2.05) is 0 Å². The Kier molecular flexibility index (Phi) is 7.42. The molecule has 0 aromatic heterocycles. The largest absolute Gasteiger partial charge is 0.492 e. The molecule has 10 heteroatoms. The Morgan fingerprint density at radius 1 is 1.09 bits per heavy atom. The molecule has 0 spiro atoms. The molecule has 0 saturated carbocycles.